The van der Waals surface area contributed by atoms with Crippen LogP contribution in [0.1, 0.15) is 42.4 Å². The molecule has 2 aromatic rings. The number of hydrogen-bond acceptors (Lipinski definition) is 7. The van der Waals surface area contributed by atoms with E-state index in [0.717, 1.165) is 11.3 Å². The monoisotopic (exact) mass is 386 g/mol. The summed E-state index contributed by atoms with van der Waals surface area (Å²) in [6, 6.07) is 3.22. The normalized spacial score (nSPS) is 12.0. The number of thiazole rings is 1. The first kappa shape index (κ1) is 19.8. The number of furan rings is 1. The minimum absolute atomic E-state index is 0.121. The van der Waals surface area contributed by atoms with Crippen LogP contribution in [0.4, 0.5) is 0 Å². The molecular weight excluding hydrogens is 363 g/mol. The van der Waals surface area contributed by atoms with E-state index in [1.165, 1.54) is 11.3 Å². The van der Waals surface area contributed by atoms with Gasteiger partial charge in [-0.1, -0.05) is 13.8 Å². The van der Waals surface area contributed by atoms with Crippen LogP contribution in [0, 0.1) is 5.92 Å². The second kappa shape index (κ2) is 8.27. The van der Waals surface area contributed by atoms with Crippen LogP contribution in [0.5, 0.6) is 0 Å². The zero-order chi connectivity index (χ0) is 18.6. The summed E-state index contributed by atoms with van der Waals surface area (Å²) in [4.78, 5) is 16.7. The van der Waals surface area contributed by atoms with Gasteiger partial charge in [-0.3, -0.25) is 9.36 Å². The maximum atomic E-state index is 12.8. The Morgan fingerprint density at radius 2 is 1.96 bits per heavy atom. The summed E-state index contributed by atoms with van der Waals surface area (Å²) in [7, 11) is -3.51. The number of nitrogens with two attached hydrogens (primary N) is 1. The highest BCUT2D eigenvalue weighted by Crippen LogP contribution is 2.48. The number of nitrogens with zero attached hydrogens (tertiary/aromatic N) is 1. The largest absolute Gasteiger partial charge is 0.446 e. The molecule has 0 aliphatic heterocycles. The van der Waals surface area contributed by atoms with Crippen molar-refractivity contribution in [1.29, 1.82) is 0 Å². The topological polar surface area (TPSA) is 105 Å². The molecule has 2 rings (SSSR count). The maximum absolute atomic E-state index is 12.8. The molecule has 0 saturated heterocycles. The molecule has 0 spiro atoms. The first-order valence-electron chi connectivity index (χ1n) is 8.10. The lowest BCUT2D eigenvalue weighted by Gasteiger charge is -2.13. The molecule has 0 unspecified atom stereocenters. The van der Waals surface area contributed by atoms with Crippen molar-refractivity contribution in [3.8, 4) is 11.5 Å². The van der Waals surface area contributed by atoms with Gasteiger partial charge in [-0.25, -0.2) is 4.98 Å². The van der Waals surface area contributed by atoms with E-state index in [-0.39, 0.29) is 23.7 Å². The van der Waals surface area contributed by atoms with Crippen molar-refractivity contribution in [3.05, 3.63) is 22.0 Å². The number of hydrogen-bond donors (Lipinski definition) is 1. The predicted octanol–water partition coefficient (Wildman–Crippen LogP) is 3.59. The van der Waals surface area contributed by atoms with Gasteiger partial charge >= 0.3 is 7.60 Å². The van der Waals surface area contributed by atoms with Crippen LogP contribution in [0.3, 0.4) is 0 Å². The van der Waals surface area contributed by atoms with E-state index in [9.17, 15) is 9.36 Å². The van der Waals surface area contributed by atoms with Crippen LogP contribution in [-0.2, 0) is 20.0 Å². The van der Waals surface area contributed by atoms with Crippen molar-refractivity contribution >= 4 is 30.3 Å². The van der Waals surface area contributed by atoms with E-state index in [1.807, 2.05) is 0 Å². The molecule has 2 heterocycles. The Bertz CT molecular complexity index is 773. The second-order valence-electron chi connectivity index (χ2n) is 5.72. The highest BCUT2D eigenvalue weighted by Gasteiger charge is 2.32. The van der Waals surface area contributed by atoms with Crippen LogP contribution in [0.2, 0.25) is 0 Å². The molecule has 0 bridgehead atoms. The van der Waals surface area contributed by atoms with Crippen LogP contribution in [0.25, 0.3) is 11.5 Å². The van der Waals surface area contributed by atoms with Gasteiger partial charge in [-0.15, -0.1) is 11.3 Å². The number of carbonyl (C=O) groups excluding carboxylic acids is 1. The number of rotatable bonds is 9. The molecule has 0 aromatic carbocycles. The van der Waals surface area contributed by atoms with E-state index in [0.29, 0.717) is 17.4 Å². The quantitative estimate of drug-likeness (QED) is 0.660. The van der Waals surface area contributed by atoms with Crippen molar-refractivity contribution in [2.45, 2.75) is 34.1 Å². The molecule has 0 atom stereocenters. The SMILES string of the molecule is CCOP(=O)(OCC)c1ccc(-c2nc(C(N)=O)sc2CC(C)C)o1. The first-order valence-corrected chi connectivity index (χ1v) is 10.5. The standard InChI is InChI=1S/C16H23N2O5PS/c1-5-21-24(20,22-6-2)13-8-7-11(23-13)14-12(9-10(3)4)25-16(18-14)15(17)19/h7-8,10H,5-6,9H2,1-4H3,(H2,17,19). The highest BCUT2D eigenvalue weighted by atomic mass is 32.1. The third-order valence-corrected chi connectivity index (χ3v) is 6.26. The molecule has 7 nitrogen and oxygen atoms in total. The Morgan fingerprint density at radius 1 is 1.32 bits per heavy atom. The minimum Gasteiger partial charge on any atom is -0.446 e. The Balaban J connectivity index is 2.44. The van der Waals surface area contributed by atoms with Crippen molar-refractivity contribution in [1.82, 2.24) is 4.98 Å². The van der Waals surface area contributed by atoms with E-state index >= 15 is 0 Å². The summed E-state index contributed by atoms with van der Waals surface area (Å²) in [5.41, 5.74) is 6.01. The lowest BCUT2D eigenvalue weighted by atomic mass is 10.1. The molecule has 1 amide bonds. The van der Waals surface area contributed by atoms with Gasteiger partial charge in [0, 0.05) is 4.88 Å². The van der Waals surface area contributed by atoms with Gasteiger partial charge in [0.1, 0.15) is 5.69 Å². The molecule has 0 fully saturated rings. The van der Waals surface area contributed by atoms with Gasteiger partial charge in [0.15, 0.2) is 10.8 Å². The number of aromatic nitrogens is 1. The summed E-state index contributed by atoms with van der Waals surface area (Å²) in [5, 5.41) is 0.224. The van der Waals surface area contributed by atoms with E-state index in [1.54, 1.807) is 26.0 Å². The van der Waals surface area contributed by atoms with Crippen LogP contribution in [0.15, 0.2) is 16.5 Å². The zero-order valence-electron chi connectivity index (χ0n) is 14.8. The molecule has 0 aliphatic rings. The fourth-order valence-corrected chi connectivity index (χ4v) is 4.87. The lowest BCUT2D eigenvalue weighted by Crippen LogP contribution is -2.10. The molecule has 2 N–H and O–H groups in total. The third kappa shape index (κ3) is 4.58. The van der Waals surface area contributed by atoms with Gasteiger partial charge in [0.25, 0.3) is 5.91 Å². The van der Waals surface area contributed by atoms with Crippen LogP contribution >= 0.6 is 18.9 Å². The average molecular weight is 386 g/mol. The smallest absolute Gasteiger partial charge is 0.396 e. The summed E-state index contributed by atoms with van der Waals surface area (Å²) in [5.74, 6) is 0.198. The van der Waals surface area contributed by atoms with Gasteiger partial charge in [-0.05, 0) is 38.3 Å². The van der Waals surface area contributed by atoms with Crippen LogP contribution in [-0.4, -0.2) is 24.1 Å². The minimum atomic E-state index is -3.51. The zero-order valence-corrected chi connectivity index (χ0v) is 16.5. The summed E-state index contributed by atoms with van der Waals surface area (Å²) < 4.78 is 29.1. The predicted molar refractivity (Wildman–Crippen MR) is 97.4 cm³/mol. The van der Waals surface area contributed by atoms with Crippen molar-refractivity contribution in [2.75, 3.05) is 13.2 Å². The molecule has 138 valence electrons. The Labute approximate surface area is 151 Å². The third-order valence-electron chi connectivity index (χ3n) is 3.20. The summed E-state index contributed by atoms with van der Waals surface area (Å²) >= 11 is 1.25. The van der Waals surface area contributed by atoms with Gasteiger partial charge < -0.3 is 19.2 Å². The lowest BCUT2D eigenvalue weighted by molar-refractivity contribution is 0.1000. The van der Waals surface area contributed by atoms with Crippen molar-refractivity contribution in [2.24, 2.45) is 11.7 Å². The van der Waals surface area contributed by atoms with Gasteiger partial charge in [-0.2, -0.15) is 0 Å². The Kier molecular flexibility index (Phi) is 6.57. The fourth-order valence-electron chi connectivity index (χ4n) is 2.27. The highest BCUT2D eigenvalue weighted by molar-refractivity contribution is 7.61. The van der Waals surface area contributed by atoms with Crippen molar-refractivity contribution < 1.29 is 22.8 Å². The number of amides is 1. The summed E-state index contributed by atoms with van der Waals surface area (Å²) in [6.45, 7) is 8.06. The molecule has 2 aromatic heterocycles. The average Bonchev–Trinajstić information content (AvgIpc) is 3.14. The molecule has 0 radical (unpaired) electrons. The number of carbonyl (C=O) groups is 1. The summed E-state index contributed by atoms with van der Waals surface area (Å²) in [6.07, 6.45) is 0.727. The molecule has 25 heavy (non-hydrogen) atoms. The van der Waals surface area contributed by atoms with E-state index < -0.39 is 13.5 Å². The molecule has 9 heteroatoms. The Morgan fingerprint density at radius 3 is 2.48 bits per heavy atom. The Hall–Kier alpha value is -1.47. The van der Waals surface area contributed by atoms with Gasteiger partial charge in [0.2, 0.25) is 5.50 Å². The van der Waals surface area contributed by atoms with Crippen LogP contribution < -0.4 is 11.2 Å². The van der Waals surface area contributed by atoms with Crippen molar-refractivity contribution in [3.63, 3.8) is 0 Å². The number of primary amides is 1. The van der Waals surface area contributed by atoms with Gasteiger partial charge in [0.05, 0.1) is 13.2 Å². The maximum Gasteiger partial charge on any atom is 0.396 e. The van der Waals surface area contributed by atoms with E-state index in [2.05, 4.69) is 18.8 Å². The molecular formula is C16H23N2O5PS. The molecule has 0 saturated carbocycles. The first-order chi connectivity index (χ1) is 11.8. The molecule has 0 aliphatic carbocycles. The fraction of sp³-hybridized carbons (Fsp3) is 0.500. The van der Waals surface area contributed by atoms with E-state index in [4.69, 9.17) is 19.2 Å². The second-order valence-corrected chi connectivity index (χ2v) is 8.76.